The Balaban J connectivity index is 1.39. The Morgan fingerprint density at radius 1 is 1.00 bits per heavy atom. The molecule has 1 aromatic heterocycles. The largest absolute Gasteiger partial charge is 0.448 e. The Bertz CT molecular complexity index is 1270. The van der Waals surface area contributed by atoms with E-state index in [9.17, 15) is 13.2 Å². The second kappa shape index (κ2) is 15.9. The lowest BCUT2D eigenvalue weighted by Gasteiger charge is -2.10. The van der Waals surface area contributed by atoms with E-state index in [1.165, 1.54) is 22.9 Å². The summed E-state index contributed by atoms with van der Waals surface area (Å²) in [5, 5.41) is 7.35. The number of benzene rings is 2. The van der Waals surface area contributed by atoms with Crippen molar-refractivity contribution in [1.82, 2.24) is 20.1 Å². The van der Waals surface area contributed by atoms with Crippen LogP contribution in [0.5, 0.6) is 0 Å². The van der Waals surface area contributed by atoms with E-state index < -0.39 is 16.1 Å². The normalized spacial score (nSPS) is 11.6. The number of nitrogens with one attached hydrogen (secondary N) is 2. The molecule has 0 radical (unpaired) electrons. The Kier molecular flexibility index (Phi) is 12.6. The van der Waals surface area contributed by atoms with Gasteiger partial charge in [0.25, 0.3) is 10.0 Å². The highest BCUT2D eigenvalue weighted by Gasteiger charge is 2.20. The summed E-state index contributed by atoms with van der Waals surface area (Å²) in [6.07, 6.45) is -1.02. The lowest BCUT2D eigenvalue weighted by Crippen LogP contribution is -2.31. The first-order chi connectivity index (χ1) is 18.8. The number of ether oxygens (including phenoxy) is 2. The van der Waals surface area contributed by atoms with Gasteiger partial charge in [-0.05, 0) is 38.7 Å². The molecule has 0 aliphatic carbocycles. The van der Waals surface area contributed by atoms with Crippen molar-refractivity contribution >= 4 is 37.7 Å². The molecule has 0 saturated heterocycles. The Morgan fingerprint density at radius 2 is 1.69 bits per heavy atom. The molecule has 3 aromatic rings. The molecule has 0 saturated carbocycles. The molecule has 1 heterocycles. The van der Waals surface area contributed by atoms with Crippen molar-refractivity contribution in [2.45, 2.75) is 11.8 Å². The van der Waals surface area contributed by atoms with Crippen LogP contribution < -0.4 is 10.0 Å². The van der Waals surface area contributed by atoms with Crippen LogP contribution in [0.4, 0.5) is 4.79 Å². The molecule has 0 fully saturated rings. The highest BCUT2D eigenvalue weighted by Crippen LogP contribution is 2.34. The number of rotatable bonds is 16. The smallest absolute Gasteiger partial charge is 0.421 e. The summed E-state index contributed by atoms with van der Waals surface area (Å²) in [5.74, 6) is 1.97. The molecule has 0 aliphatic heterocycles. The number of aromatic nitrogens is 1. The first-order valence-electron chi connectivity index (χ1n) is 12.3. The summed E-state index contributed by atoms with van der Waals surface area (Å²) in [6.45, 7) is 4.84. The number of carbonyl (C=O) groups is 1. The monoisotopic (exact) mass is 594 g/mol. The highest BCUT2D eigenvalue weighted by atomic mass is 33.1. The maximum atomic E-state index is 12.6. The molecular formula is C26H34N4O6S3. The molecule has 0 aliphatic rings. The van der Waals surface area contributed by atoms with Crippen molar-refractivity contribution in [2.75, 3.05) is 58.6 Å². The van der Waals surface area contributed by atoms with Gasteiger partial charge in [0.05, 0.1) is 23.8 Å². The second-order valence-corrected chi connectivity index (χ2v) is 13.0. The summed E-state index contributed by atoms with van der Waals surface area (Å²) < 4.78 is 43.1. The van der Waals surface area contributed by atoms with Crippen molar-refractivity contribution in [3.63, 3.8) is 0 Å². The van der Waals surface area contributed by atoms with Gasteiger partial charge < -0.3 is 18.9 Å². The van der Waals surface area contributed by atoms with E-state index in [1.54, 1.807) is 22.9 Å². The zero-order chi connectivity index (χ0) is 28.1. The fourth-order valence-electron chi connectivity index (χ4n) is 3.40. The van der Waals surface area contributed by atoms with Gasteiger partial charge in [-0.3, -0.25) is 5.32 Å². The van der Waals surface area contributed by atoms with Crippen LogP contribution in [-0.2, 0) is 19.5 Å². The third-order valence-corrected chi connectivity index (χ3v) is 8.98. The summed E-state index contributed by atoms with van der Waals surface area (Å²) >= 11 is 0. The van der Waals surface area contributed by atoms with Gasteiger partial charge in [0.2, 0.25) is 0 Å². The molecule has 1 amide bonds. The van der Waals surface area contributed by atoms with Crippen LogP contribution in [0.25, 0.3) is 22.4 Å². The zero-order valence-corrected chi connectivity index (χ0v) is 24.7. The fraction of sp³-hybridized carbons (Fsp3) is 0.385. The molecular weight excluding hydrogens is 561 g/mol. The van der Waals surface area contributed by atoms with Gasteiger partial charge in [-0.25, -0.2) is 17.9 Å². The molecule has 212 valence electrons. The van der Waals surface area contributed by atoms with Crippen LogP contribution in [0.15, 0.2) is 64.0 Å². The average Bonchev–Trinajstić information content (AvgIpc) is 3.30. The minimum atomic E-state index is -4.09. The molecule has 0 bridgehead atoms. The highest BCUT2D eigenvalue weighted by molar-refractivity contribution is 8.76. The van der Waals surface area contributed by atoms with E-state index >= 15 is 0 Å². The number of carbonyl (C=O) groups excluding carboxylic acids is 1. The average molecular weight is 595 g/mol. The fourth-order valence-corrected chi connectivity index (χ4v) is 5.98. The second-order valence-electron chi connectivity index (χ2n) is 8.59. The third kappa shape index (κ3) is 10.2. The number of hydrogen-bond acceptors (Lipinski definition) is 11. The summed E-state index contributed by atoms with van der Waals surface area (Å²) in [4.78, 5) is 14.1. The van der Waals surface area contributed by atoms with Gasteiger partial charge in [0.1, 0.15) is 18.1 Å². The number of hydrogen-bond donors (Lipinski definition) is 2. The molecule has 2 aromatic carbocycles. The van der Waals surface area contributed by atoms with Crippen molar-refractivity contribution in [3.8, 4) is 22.4 Å². The maximum Gasteiger partial charge on any atom is 0.421 e. The van der Waals surface area contributed by atoms with Crippen molar-refractivity contribution in [3.05, 3.63) is 60.4 Å². The van der Waals surface area contributed by atoms with Crippen molar-refractivity contribution in [2.24, 2.45) is 0 Å². The van der Waals surface area contributed by atoms with E-state index in [2.05, 4.69) is 15.4 Å². The predicted octanol–water partition coefficient (Wildman–Crippen LogP) is 4.24. The number of amides is 1. The van der Waals surface area contributed by atoms with Crippen LogP contribution in [0.3, 0.4) is 0 Å². The molecule has 0 atom stereocenters. The molecule has 13 heteroatoms. The van der Waals surface area contributed by atoms with Gasteiger partial charge in [-0.1, -0.05) is 69.2 Å². The van der Waals surface area contributed by atoms with E-state index in [4.69, 9.17) is 14.0 Å². The van der Waals surface area contributed by atoms with Gasteiger partial charge in [0, 0.05) is 30.2 Å². The lowest BCUT2D eigenvalue weighted by molar-refractivity contribution is 0.129. The minimum absolute atomic E-state index is 0.0641. The van der Waals surface area contributed by atoms with Gasteiger partial charge in [-0.15, -0.1) is 0 Å². The molecule has 2 N–H and O–H groups in total. The van der Waals surface area contributed by atoms with Crippen LogP contribution in [-0.4, -0.2) is 83.2 Å². The van der Waals surface area contributed by atoms with E-state index in [0.717, 1.165) is 30.0 Å². The standard InChI is InChI=1S/C26H34N4O6S3/c1-20-24(21-7-5-4-6-8-21)25(28-36-20)22-9-11-23(12-10-22)39(32,33)29-26(31)35-16-18-38-37-17-15-34-19-27-13-14-30(2)3/h4-12,27H,13-19H2,1-3H3,(H,29,31). The number of aryl methyl sites for hydroxylation is 1. The Hall–Kier alpha value is -2.55. The topological polar surface area (TPSA) is 123 Å². The minimum Gasteiger partial charge on any atom is -0.448 e. The third-order valence-electron chi connectivity index (χ3n) is 5.32. The zero-order valence-electron chi connectivity index (χ0n) is 22.2. The van der Waals surface area contributed by atoms with Crippen molar-refractivity contribution in [1.29, 1.82) is 0 Å². The van der Waals surface area contributed by atoms with Crippen LogP contribution in [0.1, 0.15) is 5.76 Å². The first kappa shape index (κ1) is 31.0. The quantitative estimate of drug-likeness (QED) is 0.141. The molecule has 10 nitrogen and oxygen atoms in total. The Morgan fingerprint density at radius 3 is 2.38 bits per heavy atom. The van der Waals surface area contributed by atoms with Gasteiger partial charge in [-0.2, -0.15) is 0 Å². The predicted molar refractivity (Wildman–Crippen MR) is 156 cm³/mol. The Labute approximate surface area is 237 Å². The molecule has 0 spiro atoms. The van der Waals surface area contributed by atoms with E-state index in [-0.39, 0.29) is 11.5 Å². The molecule has 0 unspecified atom stereocenters. The van der Waals surface area contributed by atoms with Gasteiger partial charge in [0.15, 0.2) is 0 Å². The van der Waals surface area contributed by atoms with Crippen LogP contribution in [0.2, 0.25) is 0 Å². The lowest BCUT2D eigenvalue weighted by atomic mass is 10.00. The number of sulfonamides is 1. The van der Waals surface area contributed by atoms with Gasteiger partial charge >= 0.3 is 6.09 Å². The SMILES string of the molecule is Cc1onc(-c2ccc(S(=O)(=O)NC(=O)OCCSSCCOCNCCN(C)C)cc2)c1-c1ccccc1. The first-order valence-corrected chi connectivity index (χ1v) is 16.2. The van der Waals surface area contributed by atoms with E-state index in [1.807, 2.05) is 56.1 Å². The molecule has 39 heavy (non-hydrogen) atoms. The summed E-state index contributed by atoms with van der Waals surface area (Å²) in [6, 6.07) is 15.8. The van der Waals surface area contributed by atoms with Crippen LogP contribution >= 0.6 is 21.6 Å². The number of likely N-dealkylation sites (N-methyl/N-ethyl adjacent to an activating group) is 1. The van der Waals surface area contributed by atoms with Crippen molar-refractivity contribution < 1.29 is 27.2 Å². The summed E-state index contributed by atoms with van der Waals surface area (Å²) in [7, 11) is 3.07. The maximum absolute atomic E-state index is 12.6. The summed E-state index contributed by atoms with van der Waals surface area (Å²) in [5.41, 5.74) is 3.08. The number of nitrogens with zero attached hydrogens (tertiary/aromatic N) is 2. The van der Waals surface area contributed by atoms with E-state index in [0.29, 0.717) is 36.1 Å². The molecule has 3 rings (SSSR count). The van der Waals surface area contributed by atoms with Crippen LogP contribution in [0, 0.1) is 6.92 Å².